The maximum Gasteiger partial charge on any atom is 0.259 e. The van der Waals surface area contributed by atoms with E-state index in [4.69, 9.17) is 4.74 Å². The molecule has 3 rings (SSSR count). The largest absolute Gasteiger partial charge is 0.484 e. The normalized spacial score (nSPS) is 14.3. The van der Waals surface area contributed by atoms with Crippen LogP contribution in [0.2, 0.25) is 0 Å². The zero-order valence-electron chi connectivity index (χ0n) is 20.0. The van der Waals surface area contributed by atoms with Crippen molar-refractivity contribution < 1.29 is 9.53 Å². The molecule has 2 aromatic carbocycles. The van der Waals surface area contributed by atoms with Crippen LogP contribution in [0.3, 0.4) is 0 Å². The number of guanidine groups is 1. The lowest BCUT2D eigenvalue weighted by Crippen LogP contribution is -2.38. The number of likely N-dealkylation sites (N-methyl/N-ethyl adjacent to an activating group) is 1. The Kier molecular flexibility index (Phi) is 10.8. The second-order valence-corrected chi connectivity index (χ2v) is 8.31. The molecule has 7 nitrogen and oxygen atoms in total. The third-order valence-electron chi connectivity index (χ3n) is 5.64. The molecule has 0 aromatic heterocycles. The highest BCUT2D eigenvalue weighted by atomic mass is 127. The van der Waals surface area contributed by atoms with Crippen molar-refractivity contribution in [1.29, 1.82) is 0 Å². The third kappa shape index (κ3) is 8.10. The van der Waals surface area contributed by atoms with Gasteiger partial charge in [0, 0.05) is 46.5 Å². The van der Waals surface area contributed by atoms with Crippen molar-refractivity contribution in [2.24, 2.45) is 4.99 Å². The van der Waals surface area contributed by atoms with Crippen molar-refractivity contribution >= 4 is 41.5 Å². The maximum absolute atomic E-state index is 11.7. The van der Waals surface area contributed by atoms with Gasteiger partial charge in [-0.25, -0.2) is 0 Å². The van der Waals surface area contributed by atoms with Crippen molar-refractivity contribution in [1.82, 2.24) is 15.5 Å². The Balaban J connectivity index is 0.00000385. The van der Waals surface area contributed by atoms with E-state index in [0.717, 1.165) is 24.6 Å². The fourth-order valence-electron chi connectivity index (χ4n) is 3.65. The predicted octanol–water partition coefficient (Wildman–Crippen LogP) is 3.80. The molecule has 0 radical (unpaired) electrons. The molecular weight excluding hydrogens is 529 g/mol. The quantitative estimate of drug-likeness (QED) is 0.290. The van der Waals surface area contributed by atoms with Crippen molar-refractivity contribution in [3.05, 3.63) is 59.7 Å². The number of benzene rings is 2. The minimum atomic E-state index is -0.0686. The molecule has 1 atom stereocenters. The summed E-state index contributed by atoms with van der Waals surface area (Å²) < 4.78 is 5.61. The van der Waals surface area contributed by atoms with Gasteiger partial charge in [0.15, 0.2) is 12.6 Å². The summed E-state index contributed by atoms with van der Waals surface area (Å²) in [4.78, 5) is 20.1. The third-order valence-corrected chi connectivity index (χ3v) is 5.64. The number of rotatable bonds is 8. The number of hydrogen-bond donors (Lipinski definition) is 2. The van der Waals surface area contributed by atoms with Crippen LogP contribution in [-0.4, -0.2) is 57.6 Å². The summed E-state index contributed by atoms with van der Waals surface area (Å²) in [5.41, 5.74) is 3.57. The van der Waals surface area contributed by atoms with Crippen molar-refractivity contribution in [2.75, 3.05) is 45.7 Å². The van der Waals surface area contributed by atoms with Crippen LogP contribution in [0.1, 0.15) is 36.9 Å². The lowest BCUT2D eigenvalue weighted by atomic mass is 10.1. The number of nitrogens with one attached hydrogen (secondary N) is 2. The number of amides is 1. The van der Waals surface area contributed by atoms with E-state index in [-0.39, 0.29) is 42.5 Å². The topological polar surface area (TPSA) is 69.2 Å². The molecule has 33 heavy (non-hydrogen) atoms. The number of aliphatic imine (C=N–C) groups is 1. The summed E-state index contributed by atoms with van der Waals surface area (Å²) in [7, 11) is 5.21. The molecule has 1 aliphatic heterocycles. The molecule has 1 heterocycles. The Morgan fingerprint density at radius 3 is 2.58 bits per heavy atom. The lowest BCUT2D eigenvalue weighted by molar-refractivity contribution is -0.130. The molecule has 1 saturated heterocycles. The van der Waals surface area contributed by atoms with Crippen molar-refractivity contribution in [3.8, 4) is 5.75 Å². The Hall–Kier alpha value is -2.49. The van der Waals surface area contributed by atoms with Crippen LogP contribution in [0, 0.1) is 0 Å². The number of nitrogens with zero attached hydrogens (tertiary/aromatic N) is 3. The Labute approximate surface area is 214 Å². The van der Waals surface area contributed by atoms with E-state index in [9.17, 15) is 4.79 Å². The summed E-state index contributed by atoms with van der Waals surface area (Å²) in [5.74, 6) is 1.34. The molecule has 0 aliphatic carbocycles. The van der Waals surface area contributed by atoms with Gasteiger partial charge in [-0.1, -0.05) is 24.3 Å². The summed E-state index contributed by atoms with van der Waals surface area (Å²) in [6.07, 6.45) is 2.54. The average Bonchev–Trinajstić information content (AvgIpc) is 3.35. The van der Waals surface area contributed by atoms with Crippen LogP contribution in [-0.2, 0) is 11.3 Å². The summed E-state index contributed by atoms with van der Waals surface area (Å²) in [6, 6.07) is 16.6. The first-order chi connectivity index (χ1) is 15.5. The number of anilines is 1. The van der Waals surface area contributed by atoms with Gasteiger partial charge in [-0.2, -0.15) is 0 Å². The van der Waals surface area contributed by atoms with Crippen LogP contribution >= 0.6 is 24.0 Å². The van der Waals surface area contributed by atoms with Crippen LogP contribution in [0.5, 0.6) is 5.75 Å². The van der Waals surface area contributed by atoms with E-state index < -0.39 is 0 Å². The van der Waals surface area contributed by atoms with Crippen molar-refractivity contribution in [2.45, 2.75) is 32.4 Å². The van der Waals surface area contributed by atoms with Gasteiger partial charge < -0.3 is 25.2 Å². The second kappa shape index (κ2) is 13.3. The van der Waals surface area contributed by atoms with Gasteiger partial charge in [0.2, 0.25) is 0 Å². The van der Waals surface area contributed by atoms with Gasteiger partial charge in [0.25, 0.3) is 5.91 Å². The minimum Gasteiger partial charge on any atom is -0.484 e. The summed E-state index contributed by atoms with van der Waals surface area (Å²) in [6.45, 7) is 5.05. The van der Waals surface area contributed by atoms with Gasteiger partial charge in [-0.05, 0) is 55.2 Å². The van der Waals surface area contributed by atoms with Crippen LogP contribution in [0.25, 0.3) is 0 Å². The number of hydrogen-bond acceptors (Lipinski definition) is 4. The number of carbonyl (C=O) groups is 1. The van der Waals surface area contributed by atoms with E-state index in [0.29, 0.717) is 12.3 Å². The van der Waals surface area contributed by atoms with Crippen LogP contribution < -0.4 is 20.3 Å². The van der Waals surface area contributed by atoms with Crippen LogP contribution in [0.15, 0.2) is 53.5 Å². The SMILES string of the molecule is CN=C(NCc1cccc(OCC(=O)N(C)C)c1)NC(C)c1cccc(N2CCCC2)c1.I. The molecule has 180 valence electrons. The fourth-order valence-corrected chi connectivity index (χ4v) is 3.65. The Bertz CT molecular complexity index is 929. The molecular formula is C25H36IN5O2. The molecule has 0 saturated carbocycles. The highest BCUT2D eigenvalue weighted by Gasteiger charge is 2.14. The smallest absolute Gasteiger partial charge is 0.259 e. The molecule has 1 fully saturated rings. The molecule has 1 amide bonds. The van der Waals surface area contributed by atoms with Gasteiger partial charge >= 0.3 is 0 Å². The Morgan fingerprint density at radius 1 is 1.15 bits per heavy atom. The van der Waals surface area contributed by atoms with Gasteiger partial charge in [-0.15, -0.1) is 24.0 Å². The molecule has 1 aliphatic rings. The standard InChI is InChI=1S/C25H35N5O2.HI/c1-19(21-10-8-11-22(16-21)30-13-5-6-14-30)28-25(26-2)27-17-20-9-7-12-23(15-20)32-18-24(31)29(3)4;/h7-12,15-16,19H,5-6,13-14,17-18H2,1-4H3,(H2,26,27,28);1H. The zero-order chi connectivity index (χ0) is 22.9. The Morgan fingerprint density at radius 2 is 1.88 bits per heavy atom. The van der Waals surface area contributed by atoms with E-state index in [1.165, 1.54) is 29.0 Å². The fraction of sp³-hybridized carbons (Fsp3) is 0.440. The number of carbonyl (C=O) groups excluding carboxylic acids is 1. The molecule has 1 unspecified atom stereocenters. The van der Waals surface area contributed by atoms with E-state index >= 15 is 0 Å². The van der Waals surface area contributed by atoms with E-state index in [2.05, 4.69) is 51.7 Å². The monoisotopic (exact) mass is 565 g/mol. The summed E-state index contributed by atoms with van der Waals surface area (Å²) in [5, 5.41) is 6.84. The van der Waals surface area contributed by atoms with Gasteiger partial charge in [0.1, 0.15) is 5.75 Å². The number of ether oxygens (including phenoxy) is 1. The van der Waals surface area contributed by atoms with Gasteiger partial charge in [0.05, 0.1) is 6.04 Å². The highest BCUT2D eigenvalue weighted by molar-refractivity contribution is 14.0. The van der Waals surface area contributed by atoms with Gasteiger partial charge in [-0.3, -0.25) is 9.79 Å². The molecule has 2 aromatic rings. The van der Waals surface area contributed by atoms with E-state index in [1.54, 1.807) is 21.1 Å². The van der Waals surface area contributed by atoms with E-state index in [1.807, 2.05) is 24.3 Å². The minimum absolute atomic E-state index is 0. The highest BCUT2D eigenvalue weighted by Crippen LogP contribution is 2.24. The average molecular weight is 566 g/mol. The first-order valence-electron chi connectivity index (χ1n) is 11.2. The molecule has 0 spiro atoms. The second-order valence-electron chi connectivity index (χ2n) is 8.31. The molecule has 0 bridgehead atoms. The first-order valence-corrected chi connectivity index (χ1v) is 11.2. The van der Waals surface area contributed by atoms with Crippen LogP contribution in [0.4, 0.5) is 5.69 Å². The predicted molar refractivity (Wildman–Crippen MR) is 146 cm³/mol. The lowest BCUT2D eigenvalue weighted by Gasteiger charge is -2.22. The molecule has 2 N–H and O–H groups in total. The van der Waals surface area contributed by atoms with Crippen molar-refractivity contribution in [3.63, 3.8) is 0 Å². The zero-order valence-corrected chi connectivity index (χ0v) is 22.3. The first kappa shape index (κ1) is 26.8. The molecule has 8 heteroatoms. The summed E-state index contributed by atoms with van der Waals surface area (Å²) >= 11 is 0. The maximum atomic E-state index is 11.7. The number of halogens is 1.